The Labute approximate surface area is 57.4 Å². The molecule has 0 aromatic rings. The Morgan fingerprint density at radius 3 is 2.11 bits per heavy atom. The quantitative estimate of drug-likeness (QED) is 0.565. The van der Waals surface area contributed by atoms with Crippen LogP contribution in [0, 0.1) is 0 Å². The Kier molecular flexibility index (Phi) is 2.92. The molecule has 0 fully saturated rings. The summed E-state index contributed by atoms with van der Waals surface area (Å²) in [5, 5.41) is 9.42. The Morgan fingerprint density at radius 2 is 2.00 bits per heavy atom. The average Bonchev–Trinajstić information content (AvgIpc) is 1.63. The highest BCUT2D eigenvalue weighted by Gasteiger charge is 2.11. The van der Waals surface area contributed by atoms with Crippen LogP contribution < -0.4 is 0 Å². The van der Waals surface area contributed by atoms with Gasteiger partial charge in [-0.3, -0.25) is 0 Å². The highest BCUT2D eigenvalue weighted by molar-refractivity contribution is 5.04. The number of aliphatic hydroxyl groups is 1. The predicted molar refractivity (Wildman–Crippen MR) is 40.3 cm³/mol. The smallest absolute Gasteiger partial charge is 0.0799 e. The standard InChI is InChI=1S/C8H16O/c1-5-8(4,9)6-7(2)3/h6,9H,5H2,1-4H3. The van der Waals surface area contributed by atoms with Gasteiger partial charge in [-0.1, -0.05) is 18.6 Å². The minimum Gasteiger partial charge on any atom is -0.386 e. The van der Waals surface area contributed by atoms with Gasteiger partial charge in [0.15, 0.2) is 0 Å². The second-order valence-electron chi connectivity index (χ2n) is 2.93. The van der Waals surface area contributed by atoms with Crippen molar-refractivity contribution in [3.8, 4) is 0 Å². The van der Waals surface area contributed by atoms with Crippen LogP contribution in [0.1, 0.15) is 34.1 Å². The summed E-state index contributed by atoms with van der Waals surface area (Å²) in [7, 11) is 0. The van der Waals surface area contributed by atoms with E-state index in [0.717, 1.165) is 6.42 Å². The molecule has 0 spiro atoms. The first-order valence-corrected chi connectivity index (χ1v) is 3.36. The zero-order valence-electron chi connectivity index (χ0n) is 6.73. The van der Waals surface area contributed by atoms with Gasteiger partial charge in [0.25, 0.3) is 0 Å². The van der Waals surface area contributed by atoms with Crippen molar-refractivity contribution in [3.05, 3.63) is 11.6 Å². The molecular weight excluding hydrogens is 112 g/mol. The van der Waals surface area contributed by atoms with Gasteiger partial charge >= 0.3 is 0 Å². The van der Waals surface area contributed by atoms with Gasteiger partial charge < -0.3 is 5.11 Å². The van der Waals surface area contributed by atoms with Crippen LogP contribution in [0.5, 0.6) is 0 Å². The fraction of sp³-hybridized carbons (Fsp3) is 0.750. The highest BCUT2D eigenvalue weighted by Crippen LogP contribution is 2.11. The SMILES string of the molecule is CCC(C)(O)C=C(C)C. The molecule has 1 N–H and O–H groups in total. The third-order valence-electron chi connectivity index (χ3n) is 1.32. The largest absolute Gasteiger partial charge is 0.386 e. The van der Waals surface area contributed by atoms with Crippen LogP contribution in [-0.2, 0) is 0 Å². The van der Waals surface area contributed by atoms with Crippen LogP contribution in [-0.4, -0.2) is 10.7 Å². The Morgan fingerprint density at radius 1 is 1.56 bits per heavy atom. The maximum absolute atomic E-state index is 9.42. The minimum absolute atomic E-state index is 0.598. The molecule has 0 heterocycles. The lowest BCUT2D eigenvalue weighted by molar-refractivity contribution is 0.107. The van der Waals surface area contributed by atoms with Crippen molar-refractivity contribution >= 4 is 0 Å². The van der Waals surface area contributed by atoms with Gasteiger partial charge in [0, 0.05) is 0 Å². The topological polar surface area (TPSA) is 20.2 Å². The minimum atomic E-state index is -0.598. The summed E-state index contributed by atoms with van der Waals surface area (Å²) in [6, 6.07) is 0. The van der Waals surface area contributed by atoms with Crippen molar-refractivity contribution in [3.63, 3.8) is 0 Å². The lowest BCUT2D eigenvalue weighted by Crippen LogP contribution is -2.18. The van der Waals surface area contributed by atoms with E-state index in [-0.39, 0.29) is 0 Å². The number of hydrogen-bond donors (Lipinski definition) is 1. The zero-order valence-corrected chi connectivity index (χ0v) is 6.73. The van der Waals surface area contributed by atoms with Crippen molar-refractivity contribution in [2.45, 2.75) is 39.7 Å². The van der Waals surface area contributed by atoms with E-state index in [2.05, 4.69) is 0 Å². The average molecular weight is 128 g/mol. The van der Waals surface area contributed by atoms with Gasteiger partial charge in [0.2, 0.25) is 0 Å². The molecule has 0 aliphatic heterocycles. The monoisotopic (exact) mass is 128 g/mol. The fourth-order valence-corrected chi connectivity index (χ4v) is 0.724. The van der Waals surface area contributed by atoms with Crippen molar-refractivity contribution in [2.24, 2.45) is 0 Å². The molecule has 0 saturated heterocycles. The van der Waals surface area contributed by atoms with Crippen molar-refractivity contribution in [2.75, 3.05) is 0 Å². The van der Waals surface area contributed by atoms with Gasteiger partial charge in [0.1, 0.15) is 0 Å². The molecule has 0 saturated carbocycles. The molecule has 0 amide bonds. The van der Waals surface area contributed by atoms with Gasteiger partial charge in [-0.25, -0.2) is 0 Å². The Bertz CT molecular complexity index is 108. The molecule has 0 aromatic carbocycles. The maximum Gasteiger partial charge on any atom is 0.0799 e. The van der Waals surface area contributed by atoms with Crippen molar-refractivity contribution in [1.29, 1.82) is 0 Å². The van der Waals surface area contributed by atoms with E-state index in [0.29, 0.717) is 0 Å². The summed E-state index contributed by atoms with van der Waals surface area (Å²) >= 11 is 0. The third-order valence-corrected chi connectivity index (χ3v) is 1.32. The molecule has 1 atom stereocenters. The van der Waals surface area contributed by atoms with E-state index in [1.165, 1.54) is 5.57 Å². The lowest BCUT2D eigenvalue weighted by Gasteiger charge is -2.16. The van der Waals surface area contributed by atoms with E-state index in [1.807, 2.05) is 33.8 Å². The predicted octanol–water partition coefficient (Wildman–Crippen LogP) is 2.11. The summed E-state index contributed by atoms with van der Waals surface area (Å²) in [6.07, 6.45) is 2.66. The summed E-state index contributed by atoms with van der Waals surface area (Å²) < 4.78 is 0. The molecule has 0 aliphatic rings. The van der Waals surface area contributed by atoms with Crippen LogP contribution in [0.15, 0.2) is 11.6 Å². The first-order chi connectivity index (χ1) is 3.98. The molecule has 54 valence electrons. The molecule has 0 bridgehead atoms. The van der Waals surface area contributed by atoms with Gasteiger partial charge in [-0.2, -0.15) is 0 Å². The molecule has 0 aliphatic carbocycles. The molecule has 0 aromatic heterocycles. The first kappa shape index (κ1) is 8.70. The van der Waals surface area contributed by atoms with Gasteiger partial charge in [-0.05, 0) is 27.2 Å². The fourth-order valence-electron chi connectivity index (χ4n) is 0.724. The lowest BCUT2D eigenvalue weighted by atomic mass is 10.0. The Hall–Kier alpha value is -0.300. The van der Waals surface area contributed by atoms with Crippen LogP contribution in [0.2, 0.25) is 0 Å². The summed E-state index contributed by atoms with van der Waals surface area (Å²) in [5.74, 6) is 0. The molecular formula is C8H16O. The number of allylic oxidation sites excluding steroid dienone is 1. The number of hydrogen-bond acceptors (Lipinski definition) is 1. The van der Waals surface area contributed by atoms with Gasteiger partial charge in [0.05, 0.1) is 5.60 Å². The van der Waals surface area contributed by atoms with Crippen LogP contribution in [0.4, 0.5) is 0 Å². The maximum atomic E-state index is 9.42. The van der Waals surface area contributed by atoms with Gasteiger partial charge in [-0.15, -0.1) is 0 Å². The molecule has 0 rings (SSSR count). The molecule has 1 nitrogen and oxygen atoms in total. The Balaban J connectivity index is 4.01. The molecule has 9 heavy (non-hydrogen) atoms. The van der Waals surface area contributed by atoms with E-state index < -0.39 is 5.60 Å². The van der Waals surface area contributed by atoms with E-state index >= 15 is 0 Å². The van der Waals surface area contributed by atoms with Crippen molar-refractivity contribution < 1.29 is 5.11 Å². The summed E-state index contributed by atoms with van der Waals surface area (Å²) in [6.45, 7) is 7.77. The third kappa shape index (κ3) is 4.22. The number of rotatable bonds is 2. The molecule has 1 heteroatoms. The van der Waals surface area contributed by atoms with Crippen LogP contribution >= 0.6 is 0 Å². The second-order valence-corrected chi connectivity index (χ2v) is 2.93. The molecule has 1 unspecified atom stereocenters. The van der Waals surface area contributed by atoms with Crippen molar-refractivity contribution in [1.82, 2.24) is 0 Å². The first-order valence-electron chi connectivity index (χ1n) is 3.36. The molecule has 0 radical (unpaired) electrons. The normalized spacial score (nSPS) is 16.6. The van der Waals surface area contributed by atoms with Crippen LogP contribution in [0.25, 0.3) is 0 Å². The van der Waals surface area contributed by atoms with Crippen LogP contribution in [0.3, 0.4) is 0 Å². The summed E-state index contributed by atoms with van der Waals surface area (Å²) in [4.78, 5) is 0. The summed E-state index contributed by atoms with van der Waals surface area (Å²) in [5.41, 5.74) is 0.570. The second kappa shape index (κ2) is 3.02. The van der Waals surface area contributed by atoms with E-state index in [1.54, 1.807) is 0 Å². The van der Waals surface area contributed by atoms with E-state index in [9.17, 15) is 5.11 Å². The van der Waals surface area contributed by atoms with E-state index in [4.69, 9.17) is 0 Å². The zero-order chi connectivity index (χ0) is 7.49. The highest BCUT2D eigenvalue weighted by atomic mass is 16.3.